The maximum absolute atomic E-state index is 12.4. The van der Waals surface area contributed by atoms with Crippen molar-refractivity contribution < 1.29 is 14.3 Å². The number of ether oxygens (including phenoxy) is 2. The Morgan fingerprint density at radius 1 is 1.31 bits per heavy atom. The summed E-state index contributed by atoms with van der Waals surface area (Å²) in [6.07, 6.45) is 6.18. The number of nitrogens with zero attached hydrogens (tertiary/aromatic N) is 5. The van der Waals surface area contributed by atoms with E-state index in [0.717, 1.165) is 5.56 Å². The van der Waals surface area contributed by atoms with Gasteiger partial charge in [-0.2, -0.15) is 0 Å². The van der Waals surface area contributed by atoms with Crippen molar-refractivity contribution in [3.8, 4) is 17.1 Å². The zero-order valence-electron chi connectivity index (χ0n) is 14.4. The van der Waals surface area contributed by atoms with E-state index in [1.165, 1.54) is 4.90 Å². The Balaban J connectivity index is 1.73. The molecule has 4 heterocycles. The van der Waals surface area contributed by atoms with E-state index in [1.807, 2.05) is 26.1 Å². The molecular formula is C17H18N6O3. The summed E-state index contributed by atoms with van der Waals surface area (Å²) in [4.78, 5) is 26.8. The molecule has 9 heteroatoms. The average molecular weight is 354 g/mol. The summed E-state index contributed by atoms with van der Waals surface area (Å²) in [5.41, 5.74) is 8.35. The summed E-state index contributed by atoms with van der Waals surface area (Å²) < 4.78 is 12.7. The SMILES string of the molecule is CC(C)OC(=O)N1CCOc2ncc(-c3cn4cc(N)nc4cn3)cc21. The van der Waals surface area contributed by atoms with Crippen molar-refractivity contribution in [2.75, 3.05) is 23.8 Å². The predicted octanol–water partition coefficient (Wildman–Crippen LogP) is 2.12. The summed E-state index contributed by atoms with van der Waals surface area (Å²) in [6, 6.07) is 1.82. The highest BCUT2D eigenvalue weighted by atomic mass is 16.6. The number of hydrogen-bond donors (Lipinski definition) is 1. The Kier molecular flexibility index (Phi) is 3.83. The van der Waals surface area contributed by atoms with Gasteiger partial charge in [-0.15, -0.1) is 0 Å². The fourth-order valence-corrected chi connectivity index (χ4v) is 2.76. The number of anilines is 2. The number of nitrogens with two attached hydrogens (primary N) is 1. The molecule has 0 atom stereocenters. The van der Waals surface area contributed by atoms with Gasteiger partial charge in [0, 0.05) is 18.0 Å². The van der Waals surface area contributed by atoms with Gasteiger partial charge in [-0.05, 0) is 19.9 Å². The summed E-state index contributed by atoms with van der Waals surface area (Å²) in [7, 11) is 0. The topological polar surface area (TPSA) is 108 Å². The number of nitrogen functional groups attached to an aromatic ring is 1. The van der Waals surface area contributed by atoms with Gasteiger partial charge in [-0.1, -0.05) is 0 Å². The van der Waals surface area contributed by atoms with Crippen LogP contribution in [-0.2, 0) is 4.74 Å². The number of carbonyl (C=O) groups is 1. The molecule has 134 valence electrons. The third kappa shape index (κ3) is 2.87. The fourth-order valence-electron chi connectivity index (χ4n) is 2.76. The highest BCUT2D eigenvalue weighted by Gasteiger charge is 2.27. The minimum Gasteiger partial charge on any atom is -0.474 e. The van der Waals surface area contributed by atoms with Crippen molar-refractivity contribution in [3.63, 3.8) is 0 Å². The Morgan fingerprint density at radius 2 is 2.15 bits per heavy atom. The lowest BCUT2D eigenvalue weighted by molar-refractivity contribution is 0.120. The number of fused-ring (bicyclic) bond motifs is 2. The molecule has 4 rings (SSSR count). The van der Waals surface area contributed by atoms with E-state index in [9.17, 15) is 4.79 Å². The van der Waals surface area contributed by atoms with Crippen molar-refractivity contribution in [2.45, 2.75) is 20.0 Å². The van der Waals surface area contributed by atoms with Crippen LogP contribution in [0.5, 0.6) is 5.88 Å². The molecule has 0 aliphatic carbocycles. The number of carbonyl (C=O) groups excluding carboxylic acids is 1. The van der Waals surface area contributed by atoms with Crippen molar-refractivity contribution in [2.24, 2.45) is 0 Å². The van der Waals surface area contributed by atoms with Gasteiger partial charge in [-0.3, -0.25) is 9.88 Å². The third-order valence-electron chi connectivity index (χ3n) is 3.89. The molecule has 1 amide bonds. The largest absolute Gasteiger partial charge is 0.474 e. The maximum Gasteiger partial charge on any atom is 0.414 e. The second-order valence-electron chi connectivity index (χ2n) is 6.18. The first-order valence-electron chi connectivity index (χ1n) is 8.23. The molecule has 3 aromatic rings. The first-order chi connectivity index (χ1) is 12.5. The molecule has 3 aromatic heterocycles. The summed E-state index contributed by atoms with van der Waals surface area (Å²) in [5.74, 6) is 0.817. The lowest BCUT2D eigenvalue weighted by atomic mass is 10.2. The van der Waals surface area contributed by atoms with E-state index in [0.29, 0.717) is 41.9 Å². The maximum atomic E-state index is 12.4. The van der Waals surface area contributed by atoms with Crippen LogP contribution in [0.3, 0.4) is 0 Å². The summed E-state index contributed by atoms with van der Waals surface area (Å²) >= 11 is 0. The fraction of sp³-hybridized carbons (Fsp3) is 0.294. The molecule has 2 N–H and O–H groups in total. The highest BCUT2D eigenvalue weighted by Crippen LogP contribution is 2.33. The Hall–Kier alpha value is -3.36. The van der Waals surface area contributed by atoms with E-state index in [-0.39, 0.29) is 6.10 Å². The number of rotatable bonds is 2. The van der Waals surface area contributed by atoms with Crippen LogP contribution in [0.2, 0.25) is 0 Å². The van der Waals surface area contributed by atoms with Crippen LogP contribution in [0, 0.1) is 0 Å². The monoisotopic (exact) mass is 354 g/mol. The first kappa shape index (κ1) is 16.1. The quantitative estimate of drug-likeness (QED) is 0.751. The van der Waals surface area contributed by atoms with E-state index in [2.05, 4.69) is 15.0 Å². The molecule has 0 unspecified atom stereocenters. The molecule has 0 aromatic carbocycles. The number of amides is 1. The minimum atomic E-state index is -0.422. The minimum absolute atomic E-state index is 0.208. The number of aromatic nitrogens is 4. The Morgan fingerprint density at radius 3 is 2.96 bits per heavy atom. The van der Waals surface area contributed by atoms with Gasteiger partial charge in [0.15, 0.2) is 5.65 Å². The predicted molar refractivity (Wildman–Crippen MR) is 95.1 cm³/mol. The van der Waals surface area contributed by atoms with Crippen LogP contribution in [0.15, 0.2) is 30.9 Å². The van der Waals surface area contributed by atoms with Gasteiger partial charge in [-0.25, -0.2) is 14.8 Å². The van der Waals surface area contributed by atoms with Crippen molar-refractivity contribution in [3.05, 3.63) is 30.9 Å². The number of hydrogen-bond acceptors (Lipinski definition) is 7. The Bertz CT molecular complexity index is 984. The molecular weight excluding hydrogens is 336 g/mol. The highest BCUT2D eigenvalue weighted by molar-refractivity contribution is 5.90. The molecule has 26 heavy (non-hydrogen) atoms. The lowest BCUT2D eigenvalue weighted by Crippen LogP contribution is -2.39. The van der Waals surface area contributed by atoms with Gasteiger partial charge in [0.2, 0.25) is 5.88 Å². The molecule has 0 saturated carbocycles. The van der Waals surface area contributed by atoms with Crippen LogP contribution in [0.1, 0.15) is 13.8 Å². The molecule has 0 bridgehead atoms. The van der Waals surface area contributed by atoms with Gasteiger partial charge < -0.3 is 19.6 Å². The number of pyridine rings is 1. The molecule has 0 saturated heterocycles. The second kappa shape index (κ2) is 6.17. The molecule has 0 radical (unpaired) electrons. The van der Waals surface area contributed by atoms with Crippen molar-refractivity contribution in [1.29, 1.82) is 0 Å². The summed E-state index contributed by atoms with van der Waals surface area (Å²) in [5, 5.41) is 0. The standard InChI is InChI=1S/C17H18N6O3/c1-10(2)26-17(24)23-3-4-25-16-13(23)5-11(6-20-16)12-8-22-9-14(18)21-15(22)7-19-12/h5-10H,3-4,18H2,1-2H3. The molecule has 9 nitrogen and oxygen atoms in total. The summed E-state index contributed by atoms with van der Waals surface area (Å²) in [6.45, 7) is 4.38. The van der Waals surface area contributed by atoms with Gasteiger partial charge >= 0.3 is 6.09 Å². The van der Waals surface area contributed by atoms with Crippen LogP contribution in [-0.4, -0.2) is 44.7 Å². The first-order valence-corrected chi connectivity index (χ1v) is 8.23. The van der Waals surface area contributed by atoms with Crippen molar-refractivity contribution in [1.82, 2.24) is 19.4 Å². The van der Waals surface area contributed by atoms with Gasteiger partial charge in [0.25, 0.3) is 0 Å². The molecule has 1 aliphatic rings. The second-order valence-corrected chi connectivity index (χ2v) is 6.18. The lowest BCUT2D eigenvalue weighted by Gasteiger charge is -2.28. The van der Waals surface area contributed by atoms with Gasteiger partial charge in [0.05, 0.1) is 30.7 Å². The van der Waals surface area contributed by atoms with Gasteiger partial charge in [0.1, 0.15) is 18.1 Å². The van der Waals surface area contributed by atoms with E-state index in [1.54, 1.807) is 23.0 Å². The van der Waals surface area contributed by atoms with Crippen LogP contribution in [0.4, 0.5) is 16.3 Å². The van der Waals surface area contributed by atoms with E-state index < -0.39 is 6.09 Å². The zero-order chi connectivity index (χ0) is 18.3. The zero-order valence-corrected chi connectivity index (χ0v) is 14.4. The van der Waals surface area contributed by atoms with Crippen LogP contribution in [0.25, 0.3) is 16.9 Å². The van der Waals surface area contributed by atoms with Crippen molar-refractivity contribution >= 4 is 23.2 Å². The van der Waals surface area contributed by atoms with Crippen LogP contribution >= 0.6 is 0 Å². The third-order valence-corrected chi connectivity index (χ3v) is 3.89. The van der Waals surface area contributed by atoms with E-state index in [4.69, 9.17) is 15.2 Å². The number of imidazole rings is 1. The Labute approximate surface area is 149 Å². The molecule has 1 aliphatic heterocycles. The van der Waals surface area contributed by atoms with Crippen LogP contribution < -0.4 is 15.4 Å². The normalized spacial score (nSPS) is 13.6. The molecule has 0 fully saturated rings. The molecule has 0 spiro atoms. The van der Waals surface area contributed by atoms with E-state index >= 15 is 0 Å². The average Bonchev–Trinajstić information content (AvgIpc) is 2.99. The smallest absolute Gasteiger partial charge is 0.414 e.